The van der Waals surface area contributed by atoms with Gasteiger partial charge in [0.05, 0.1) is 29.2 Å². The Morgan fingerprint density at radius 2 is 1.82 bits per heavy atom. The number of carboxylic acids is 1. The number of hydrogen-bond donors (Lipinski definition) is 3. The first-order valence-corrected chi connectivity index (χ1v) is 10.9. The third-order valence-electron chi connectivity index (χ3n) is 4.42. The number of hydrogen-bond acceptors (Lipinski definition) is 6. The lowest BCUT2D eigenvalue weighted by molar-refractivity contribution is -0.122. The van der Waals surface area contributed by atoms with Crippen LogP contribution in [0.3, 0.4) is 0 Å². The number of carbonyl (C=O) groups excluding carboxylic acids is 1. The molecule has 156 valence electrons. The summed E-state index contributed by atoms with van der Waals surface area (Å²) in [4.78, 5) is 27.2. The Balaban J connectivity index is 2.13. The van der Waals surface area contributed by atoms with Gasteiger partial charge < -0.3 is 15.3 Å². The molecule has 1 aliphatic rings. The molecule has 1 aromatic rings. The smallest absolute Gasteiger partial charge is 0.335 e. The highest BCUT2D eigenvalue weighted by molar-refractivity contribution is 7.92. The van der Waals surface area contributed by atoms with Gasteiger partial charge in [0.15, 0.2) is 0 Å². The second-order valence-electron chi connectivity index (χ2n) is 7.03. The molecule has 0 radical (unpaired) electrons. The second-order valence-corrected chi connectivity index (χ2v) is 9.04. The van der Waals surface area contributed by atoms with Gasteiger partial charge in [0.1, 0.15) is 0 Å². The third kappa shape index (κ3) is 6.10. The molecule has 1 amide bonds. The first-order valence-electron chi connectivity index (χ1n) is 9.25. The zero-order valence-electron chi connectivity index (χ0n) is 16.4. The van der Waals surface area contributed by atoms with Crippen LogP contribution in [0.2, 0.25) is 0 Å². The maximum Gasteiger partial charge on any atom is 0.335 e. The lowest BCUT2D eigenvalue weighted by Crippen LogP contribution is -2.50. The Morgan fingerprint density at radius 3 is 2.36 bits per heavy atom. The van der Waals surface area contributed by atoms with Crippen molar-refractivity contribution in [1.82, 2.24) is 10.2 Å². The number of anilines is 2. The number of carbonyl (C=O) groups is 2. The van der Waals surface area contributed by atoms with E-state index < -0.39 is 16.0 Å². The minimum Gasteiger partial charge on any atom is -0.478 e. The van der Waals surface area contributed by atoms with Crippen LogP contribution in [0.5, 0.6) is 0 Å². The summed E-state index contributed by atoms with van der Waals surface area (Å²) in [5.41, 5.74) is 0.905. The summed E-state index contributed by atoms with van der Waals surface area (Å²) in [5.74, 6) is -1.25. The number of carboxylic acid groups (broad SMARTS) is 1. The van der Waals surface area contributed by atoms with Gasteiger partial charge in [0.2, 0.25) is 15.9 Å². The van der Waals surface area contributed by atoms with E-state index >= 15 is 0 Å². The lowest BCUT2D eigenvalue weighted by atomic mass is 10.1. The van der Waals surface area contributed by atoms with Gasteiger partial charge in [0.25, 0.3) is 0 Å². The summed E-state index contributed by atoms with van der Waals surface area (Å²) in [7, 11) is -3.55. The van der Waals surface area contributed by atoms with Gasteiger partial charge in [-0.15, -0.1) is 0 Å². The van der Waals surface area contributed by atoms with Gasteiger partial charge in [0, 0.05) is 32.2 Å². The van der Waals surface area contributed by atoms with Crippen molar-refractivity contribution < 1.29 is 23.1 Å². The molecule has 0 aliphatic carbocycles. The number of nitrogens with one attached hydrogen (secondary N) is 2. The van der Waals surface area contributed by atoms with E-state index in [0.717, 1.165) is 0 Å². The highest BCUT2D eigenvalue weighted by Gasteiger charge is 2.23. The molecule has 0 saturated carbocycles. The van der Waals surface area contributed by atoms with Gasteiger partial charge in [-0.25, -0.2) is 13.2 Å². The molecule has 10 heteroatoms. The molecule has 2 rings (SSSR count). The zero-order valence-corrected chi connectivity index (χ0v) is 17.3. The fourth-order valence-electron chi connectivity index (χ4n) is 2.98. The third-order valence-corrected chi connectivity index (χ3v) is 5.71. The molecular formula is C18H28N4O5S. The maximum atomic E-state index is 12.0. The fourth-order valence-corrected chi connectivity index (χ4v) is 3.63. The molecule has 1 aromatic carbocycles. The average Bonchev–Trinajstić information content (AvgIpc) is 2.61. The summed E-state index contributed by atoms with van der Waals surface area (Å²) in [6.07, 6.45) is 0. The summed E-state index contributed by atoms with van der Waals surface area (Å²) in [5, 5.41) is 12.1. The number of aromatic carboxylic acids is 1. The number of piperazine rings is 1. The monoisotopic (exact) mass is 412 g/mol. The number of nitrogens with zero attached hydrogens (tertiary/aromatic N) is 2. The van der Waals surface area contributed by atoms with Crippen LogP contribution in [-0.4, -0.2) is 74.8 Å². The summed E-state index contributed by atoms with van der Waals surface area (Å²) >= 11 is 0. The highest BCUT2D eigenvalue weighted by atomic mass is 32.2. The standard InChI is InChI=1S/C18H28N4O5S/c1-4-28(26,27)20-15-11-14(18(24)25)5-6-16(15)22-9-7-21(8-10-22)12-17(23)19-13(2)3/h5-6,11,13,20H,4,7-10,12H2,1-3H3,(H,19,23)(H,24,25). The molecule has 1 heterocycles. The minimum atomic E-state index is -3.55. The fraction of sp³-hybridized carbons (Fsp3) is 0.556. The van der Waals surface area contributed by atoms with Crippen molar-refractivity contribution in [3.63, 3.8) is 0 Å². The van der Waals surface area contributed by atoms with E-state index in [4.69, 9.17) is 0 Å². The average molecular weight is 413 g/mol. The molecular weight excluding hydrogens is 384 g/mol. The highest BCUT2D eigenvalue weighted by Crippen LogP contribution is 2.29. The first kappa shape index (κ1) is 22.0. The largest absolute Gasteiger partial charge is 0.478 e. The molecule has 9 nitrogen and oxygen atoms in total. The molecule has 0 aromatic heterocycles. The van der Waals surface area contributed by atoms with E-state index in [0.29, 0.717) is 38.4 Å². The van der Waals surface area contributed by atoms with Crippen LogP contribution in [0.25, 0.3) is 0 Å². The second kappa shape index (κ2) is 9.24. The molecule has 1 fully saturated rings. The first-order chi connectivity index (χ1) is 13.1. The number of sulfonamides is 1. The molecule has 0 spiro atoms. The summed E-state index contributed by atoms with van der Waals surface area (Å²) < 4.78 is 26.5. The number of rotatable bonds is 8. The normalized spacial score (nSPS) is 15.5. The van der Waals surface area contributed by atoms with Gasteiger partial charge in [-0.1, -0.05) is 0 Å². The predicted octanol–water partition coefficient (Wildman–Crippen LogP) is 0.793. The molecule has 0 bridgehead atoms. The Bertz CT molecular complexity index is 817. The van der Waals surface area contributed by atoms with E-state index in [1.165, 1.54) is 19.1 Å². The van der Waals surface area contributed by atoms with Crippen LogP contribution in [0, 0.1) is 0 Å². The SMILES string of the molecule is CCS(=O)(=O)Nc1cc(C(=O)O)ccc1N1CCN(CC(=O)NC(C)C)CC1. The van der Waals surface area contributed by atoms with Crippen molar-refractivity contribution in [3.8, 4) is 0 Å². The Morgan fingerprint density at radius 1 is 1.18 bits per heavy atom. The van der Waals surface area contributed by atoms with Crippen molar-refractivity contribution in [2.24, 2.45) is 0 Å². The van der Waals surface area contributed by atoms with Crippen LogP contribution < -0.4 is 14.9 Å². The van der Waals surface area contributed by atoms with E-state index in [1.807, 2.05) is 23.6 Å². The molecule has 1 aliphatic heterocycles. The number of benzene rings is 1. The van der Waals surface area contributed by atoms with Crippen LogP contribution in [0.1, 0.15) is 31.1 Å². The van der Waals surface area contributed by atoms with Crippen LogP contribution in [0.15, 0.2) is 18.2 Å². The zero-order chi connectivity index (χ0) is 20.9. The van der Waals surface area contributed by atoms with Gasteiger partial charge in [-0.2, -0.15) is 0 Å². The summed E-state index contributed by atoms with van der Waals surface area (Å²) in [6, 6.07) is 4.52. The Kier molecular flexibility index (Phi) is 7.25. The van der Waals surface area contributed by atoms with Crippen molar-refractivity contribution in [2.75, 3.05) is 48.1 Å². The van der Waals surface area contributed by atoms with E-state index in [1.54, 1.807) is 6.07 Å². The van der Waals surface area contributed by atoms with Gasteiger partial charge in [-0.05, 0) is 39.0 Å². The molecule has 3 N–H and O–H groups in total. The van der Waals surface area contributed by atoms with Crippen LogP contribution in [-0.2, 0) is 14.8 Å². The Labute approximate surface area is 165 Å². The van der Waals surface area contributed by atoms with Crippen molar-refractivity contribution in [2.45, 2.75) is 26.8 Å². The van der Waals surface area contributed by atoms with E-state index in [9.17, 15) is 23.1 Å². The molecule has 1 saturated heterocycles. The number of amides is 1. The topological polar surface area (TPSA) is 119 Å². The minimum absolute atomic E-state index is 0.0153. The van der Waals surface area contributed by atoms with Crippen LogP contribution >= 0.6 is 0 Å². The van der Waals surface area contributed by atoms with Crippen molar-refractivity contribution in [1.29, 1.82) is 0 Å². The quantitative estimate of drug-likeness (QED) is 0.578. The lowest BCUT2D eigenvalue weighted by Gasteiger charge is -2.36. The van der Waals surface area contributed by atoms with Crippen LogP contribution in [0.4, 0.5) is 11.4 Å². The molecule has 28 heavy (non-hydrogen) atoms. The predicted molar refractivity (Wildman–Crippen MR) is 108 cm³/mol. The van der Waals surface area contributed by atoms with Gasteiger partial charge >= 0.3 is 5.97 Å². The van der Waals surface area contributed by atoms with E-state index in [-0.39, 0.29) is 29.0 Å². The van der Waals surface area contributed by atoms with Crippen molar-refractivity contribution in [3.05, 3.63) is 23.8 Å². The molecule has 0 unspecified atom stereocenters. The van der Waals surface area contributed by atoms with Gasteiger partial charge in [-0.3, -0.25) is 14.4 Å². The van der Waals surface area contributed by atoms with E-state index in [2.05, 4.69) is 10.0 Å². The maximum absolute atomic E-state index is 12.0. The summed E-state index contributed by atoms with van der Waals surface area (Å²) in [6.45, 7) is 8.15. The van der Waals surface area contributed by atoms with Crippen molar-refractivity contribution >= 4 is 33.3 Å². The Hall–Kier alpha value is -2.33. The molecule has 0 atom stereocenters.